The summed E-state index contributed by atoms with van der Waals surface area (Å²) in [6.07, 6.45) is 0. The average Bonchev–Trinajstić information content (AvgIpc) is 2.32. The molecule has 1 radical (unpaired) electrons. The molecule has 2 aromatic carbocycles. The van der Waals surface area contributed by atoms with Gasteiger partial charge in [-0.2, -0.15) is 25.3 Å². The van der Waals surface area contributed by atoms with E-state index in [1.807, 2.05) is 0 Å². The molecule has 5 N–H and O–H groups in total. The van der Waals surface area contributed by atoms with Crippen LogP contribution >= 0.6 is 0 Å². The van der Waals surface area contributed by atoms with Gasteiger partial charge in [0.2, 0.25) is 0 Å². The second-order valence-electron chi connectivity index (χ2n) is 4.46. The summed E-state index contributed by atoms with van der Waals surface area (Å²) in [4.78, 5) is -2.60. The average molecular weight is 406 g/mol. The fraction of sp³-hybridized carbons (Fsp3) is 0. The van der Waals surface area contributed by atoms with Crippen LogP contribution in [0.5, 0.6) is 0 Å². The molecule has 0 saturated carbocycles. The molecule has 10 nitrogen and oxygen atoms in total. The molecule has 0 aromatic heterocycles. The smallest absolute Gasteiger partial charge is 0.296 e. The summed E-state index contributed by atoms with van der Waals surface area (Å²) in [5, 5.41) is -0.612. The summed E-state index contributed by atoms with van der Waals surface area (Å²) in [6, 6.07) is 2.78. The van der Waals surface area contributed by atoms with Crippen LogP contribution in [-0.4, -0.2) is 68.5 Å². The largest absolute Gasteiger partial charge is 0.398 e. The number of hydrogen-bond acceptors (Lipinski definition) is 7. The first-order valence-corrected chi connectivity index (χ1v) is 9.83. The van der Waals surface area contributed by atoms with Gasteiger partial charge in [0.1, 0.15) is 9.79 Å². The SMILES string of the molecule is Nc1cc2c(S(=O)(=O)O)cc(S(=O)(=O)O)cc2cc1S(=O)(=O)O.[Na]. The molecule has 0 aliphatic rings. The third-order valence-corrected chi connectivity index (χ3v) is 5.51. The van der Waals surface area contributed by atoms with Gasteiger partial charge in [-0.25, -0.2) is 0 Å². The Morgan fingerprint density at radius 1 is 0.708 bits per heavy atom. The van der Waals surface area contributed by atoms with Crippen molar-refractivity contribution in [1.29, 1.82) is 0 Å². The van der Waals surface area contributed by atoms with E-state index in [1.165, 1.54) is 0 Å². The Labute approximate surface area is 159 Å². The molecule has 127 valence electrons. The van der Waals surface area contributed by atoms with Crippen molar-refractivity contribution in [3.8, 4) is 0 Å². The van der Waals surface area contributed by atoms with Gasteiger partial charge in [-0.05, 0) is 29.7 Å². The summed E-state index contributed by atoms with van der Waals surface area (Å²) in [5.74, 6) is 0. The molecule has 14 heteroatoms. The Balaban J connectivity index is 0.00000288. The summed E-state index contributed by atoms with van der Waals surface area (Å²) in [7, 11) is -14.5. The summed E-state index contributed by atoms with van der Waals surface area (Å²) in [6.45, 7) is 0. The van der Waals surface area contributed by atoms with Gasteiger partial charge in [-0.1, -0.05) is 0 Å². The Morgan fingerprint density at radius 3 is 1.62 bits per heavy atom. The van der Waals surface area contributed by atoms with Crippen molar-refractivity contribution in [2.75, 3.05) is 5.73 Å². The van der Waals surface area contributed by atoms with Gasteiger partial charge >= 0.3 is 0 Å². The zero-order valence-electron chi connectivity index (χ0n) is 11.9. The first kappa shape index (κ1) is 21.3. The van der Waals surface area contributed by atoms with Gasteiger partial charge in [-0.3, -0.25) is 13.7 Å². The van der Waals surface area contributed by atoms with Crippen molar-refractivity contribution < 1.29 is 38.9 Å². The normalized spacial score (nSPS) is 12.8. The fourth-order valence-electron chi connectivity index (χ4n) is 1.93. The van der Waals surface area contributed by atoms with Crippen molar-refractivity contribution in [3.63, 3.8) is 0 Å². The van der Waals surface area contributed by atoms with Crippen LogP contribution in [0.25, 0.3) is 10.8 Å². The van der Waals surface area contributed by atoms with E-state index in [2.05, 4.69) is 0 Å². The maximum absolute atomic E-state index is 11.4. The first-order chi connectivity index (χ1) is 10.2. The second-order valence-corrected chi connectivity index (χ2v) is 8.66. The minimum absolute atomic E-state index is 0. The van der Waals surface area contributed by atoms with Crippen molar-refractivity contribution in [3.05, 3.63) is 24.3 Å². The predicted molar refractivity (Wildman–Crippen MR) is 83.6 cm³/mol. The molecule has 0 spiro atoms. The number of rotatable bonds is 3. The Hall–Kier alpha value is -0.770. The van der Waals surface area contributed by atoms with Crippen LogP contribution in [0.2, 0.25) is 0 Å². The Kier molecular flexibility index (Phi) is 5.77. The second kappa shape index (κ2) is 6.51. The van der Waals surface area contributed by atoms with Gasteiger partial charge in [0, 0.05) is 34.9 Å². The van der Waals surface area contributed by atoms with E-state index in [1.54, 1.807) is 0 Å². The molecule has 24 heavy (non-hydrogen) atoms. The van der Waals surface area contributed by atoms with E-state index in [0.717, 1.165) is 12.1 Å². The predicted octanol–water partition coefficient (Wildman–Crippen LogP) is -0.219. The maximum atomic E-state index is 11.4. The van der Waals surface area contributed by atoms with E-state index in [9.17, 15) is 29.8 Å². The van der Waals surface area contributed by atoms with Gasteiger partial charge in [0.25, 0.3) is 30.4 Å². The summed E-state index contributed by atoms with van der Waals surface area (Å²) in [5.41, 5.74) is 4.90. The summed E-state index contributed by atoms with van der Waals surface area (Å²) < 4.78 is 94.8. The summed E-state index contributed by atoms with van der Waals surface area (Å²) >= 11 is 0. The van der Waals surface area contributed by atoms with Crippen molar-refractivity contribution >= 4 is 76.4 Å². The molecular weight excluding hydrogens is 397 g/mol. The number of benzene rings is 2. The van der Waals surface area contributed by atoms with E-state index >= 15 is 0 Å². The number of fused-ring (bicyclic) bond motifs is 1. The molecule has 0 unspecified atom stereocenters. The number of nitrogens with two attached hydrogens (primary N) is 1. The quantitative estimate of drug-likeness (QED) is 0.301. The Morgan fingerprint density at radius 2 is 1.21 bits per heavy atom. The van der Waals surface area contributed by atoms with Crippen molar-refractivity contribution in [2.45, 2.75) is 14.7 Å². The minimum Gasteiger partial charge on any atom is -0.398 e. The molecule has 2 rings (SSSR count). The molecule has 0 amide bonds. The standard InChI is InChI=1S/C10H9NO9S3.Na/c11-8-4-7-5(2-10(8)23(18,19)20)1-6(21(12,13)14)3-9(7)22(15,16)17;/h1-4H,11H2,(H,12,13,14)(H,15,16,17)(H,18,19,20);. The van der Waals surface area contributed by atoms with Crippen LogP contribution in [0.4, 0.5) is 5.69 Å². The third kappa shape index (κ3) is 4.25. The van der Waals surface area contributed by atoms with Crippen LogP contribution in [-0.2, 0) is 30.4 Å². The number of anilines is 1. The van der Waals surface area contributed by atoms with Crippen LogP contribution in [0.1, 0.15) is 0 Å². The van der Waals surface area contributed by atoms with Gasteiger partial charge in [-0.15, -0.1) is 0 Å². The van der Waals surface area contributed by atoms with Crippen molar-refractivity contribution in [2.24, 2.45) is 0 Å². The van der Waals surface area contributed by atoms with Crippen LogP contribution in [0.15, 0.2) is 39.0 Å². The minimum atomic E-state index is -4.92. The van der Waals surface area contributed by atoms with Crippen molar-refractivity contribution in [1.82, 2.24) is 0 Å². The fourth-order valence-corrected chi connectivity index (χ4v) is 3.91. The molecule has 2 aromatic rings. The molecule has 0 bridgehead atoms. The zero-order chi connectivity index (χ0) is 17.8. The molecule has 0 fully saturated rings. The van der Waals surface area contributed by atoms with Gasteiger partial charge < -0.3 is 5.73 Å². The first-order valence-electron chi connectivity index (χ1n) is 5.51. The number of hydrogen-bond donors (Lipinski definition) is 4. The topological polar surface area (TPSA) is 189 Å². The van der Waals surface area contributed by atoms with E-state index in [0.29, 0.717) is 12.1 Å². The zero-order valence-corrected chi connectivity index (χ0v) is 16.4. The van der Waals surface area contributed by atoms with Crippen LogP contribution < -0.4 is 5.73 Å². The maximum Gasteiger partial charge on any atom is 0.296 e. The molecule has 0 heterocycles. The Bertz CT molecular complexity index is 1140. The van der Waals surface area contributed by atoms with Gasteiger partial charge in [0.15, 0.2) is 0 Å². The molecule has 0 aliphatic heterocycles. The number of nitrogen functional groups attached to an aromatic ring is 1. The monoisotopic (exact) mass is 406 g/mol. The van der Waals surface area contributed by atoms with E-state index < -0.39 is 50.7 Å². The molecule has 0 aliphatic carbocycles. The van der Waals surface area contributed by atoms with Crippen LogP contribution in [0.3, 0.4) is 0 Å². The van der Waals surface area contributed by atoms with E-state index in [4.69, 9.17) is 14.8 Å². The molecule has 0 atom stereocenters. The third-order valence-electron chi connectivity index (χ3n) is 2.87. The molecule has 0 saturated heterocycles. The molecular formula is C10H9NNaO9S3. The van der Waals surface area contributed by atoms with E-state index in [-0.39, 0.29) is 40.3 Å². The van der Waals surface area contributed by atoms with Crippen LogP contribution in [0, 0.1) is 0 Å². The van der Waals surface area contributed by atoms with Gasteiger partial charge in [0.05, 0.1) is 10.6 Å².